The Bertz CT molecular complexity index is 1120. The van der Waals surface area contributed by atoms with E-state index in [2.05, 4.69) is 0 Å². The minimum absolute atomic E-state index is 0.0531. The minimum Gasteiger partial charge on any atom is -0.497 e. The molecule has 2 aromatic carbocycles. The molecule has 9 heteroatoms. The number of amides is 1. The second kappa shape index (κ2) is 9.57. The van der Waals surface area contributed by atoms with E-state index in [9.17, 15) is 13.2 Å². The van der Waals surface area contributed by atoms with Gasteiger partial charge in [-0.05, 0) is 54.1 Å². The standard InChI is InChI=1S/C22H23NO7S/c1-27-18-9-7-17(8-10-18)22(24)23(15-19-5-4-12-29-19)14-16-6-11-20(28-2)21(13-16)30-31(3,25)26/h4-13H,14-15H2,1-3H3. The van der Waals surface area contributed by atoms with Gasteiger partial charge in [-0.3, -0.25) is 4.79 Å². The summed E-state index contributed by atoms with van der Waals surface area (Å²) in [6, 6.07) is 15.2. The molecule has 0 saturated heterocycles. The molecule has 8 nitrogen and oxygen atoms in total. The van der Waals surface area contributed by atoms with Gasteiger partial charge in [-0.15, -0.1) is 0 Å². The molecule has 0 aliphatic carbocycles. The van der Waals surface area contributed by atoms with E-state index in [-0.39, 0.29) is 30.5 Å². The molecule has 1 amide bonds. The second-order valence-electron chi connectivity index (χ2n) is 6.74. The summed E-state index contributed by atoms with van der Waals surface area (Å²) >= 11 is 0. The lowest BCUT2D eigenvalue weighted by atomic mass is 10.1. The summed E-state index contributed by atoms with van der Waals surface area (Å²) in [6.45, 7) is 0.418. The third-order valence-corrected chi connectivity index (χ3v) is 4.88. The molecule has 3 aromatic rings. The Hall–Kier alpha value is -3.46. The Labute approximate surface area is 181 Å². The maximum atomic E-state index is 13.2. The smallest absolute Gasteiger partial charge is 0.306 e. The molecule has 1 aromatic heterocycles. The fraction of sp³-hybridized carbons (Fsp3) is 0.227. The molecule has 0 aliphatic heterocycles. The molecule has 0 bridgehead atoms. The summed E-state index contributed by atoms with van der Waals surface area (Å²) in [4.78, 5) is 14.8. The van der Waals surface area contributed by atoms with Crippen molar-refractivity contribution < 1.29 is 31.3 Å². The number of nitrogens with zero attached hydrogens (tertiary/aromatic N) is 1. The number of rotatable bonds is 9. The van der Waals surface area contributed by atoms with Gasteiger partial charge in [0, 0.05) is 12.1 Å². The zero-order valence-electron chi connectivity index (χ0n) is 17.4. The van der Waals surface area contributed by atoms with Crippen molar-refractivity contribution in [3.05, 3.63) is 77.7 Å². The Morgan fingerprint density at radius 3 is 2.29 bits per heavy atom. The van der Waals surface area contributed by atoms with E-state index in [0.29, 0.717) is 22.6 Å². The highest BCUT2D eigenvalue weighted by atomic mass is 32.2. The fourth-order valence-electron chi connectivity index (χ4n) is 2.97. The Kier molecular flexibility index (Phi) is 6.86. The molecule has 0 spiro atoms. The number of methoxy groups -OCH3 is 2. The van der Waals surface area contributed by atoms with Crippen molar-refractivity contribution in [3.8, 4) is 17.2 Å². The van der Waals surface area contributed by atoms with Gasteiger partial charge in [0.15, 0.2) is 11.5 Å². The minimum atomic E-state index is -3.75. The lowest BCUT2D eigenvalue weighted by molar-refractivity contribution is 0.0717. The zero-order chi connectivity index (χ0) is 22.4. The van der Waals surface area contributed by atoms with Crippen LogP contribution in [0, 0.1) is 0 Å². The van der Waals surface area contributed by atoms with Crippen molar-refractivity contribution in [2.75, 3.05) is 20.5 Å². The first kappa shape index (κ1) is 22.2. The summed E-state index contributed by atoms with van der Waals surface area (Å²) < 4.78 is 44.0. The number of hydrogen-bond acceptors (Lipinski definition) is 7. The van der Waals surface area contributed by atoms with Crippen molar-refractivity contribution >= 4 is 16.0 Å². The summed E-state index contributed by atoms with van der Waals surface area (Å²) in [5.41, 5.74) is 1.14. The highest BCUT2D eigenvalue weighted by molar-refractivity contribution is 7.86. The van der Waals surface area contributed by atoms with E-state index in [1.54, 1.807) is 60.5 Å². The Balaban J connectivity index is 1.90. The van der Waals surface area contributed by atoms with Crippen LogP contribution in [-0.4, -0.2) is 39.7 Å². The molecule has 0 radical (unpaired) electrons. The van der Waals surface area contributed by atoms with Crippen LogP contribution in [0.4, 0.5) is 0 Å². The van der Waals surface area contributed by atoms with E-state index in [0.717, 1.165) is 6.26 Å². The van der Waals surface area contributed by atoms with Gasteiger partial charge >= 0.3 is 10.1 Å². The normalized spacial score (nSPS) is 11.1. The van der Waals surface area contributed by atoms with Crippen LogP contribution in [0.25, 0.3) is 0 Å². The molecule has 0 saturated carbocycles. The predicted molar refractivity (Wildman–Crippen MR) is 114 cm³/mol. The molecule has 0 fully saturated rings. The third-order valence-electron chi connectivity index (χ3n) is 4.39. The molecule has 0 atom stereocenters. The van der Waals surface area contributed by atoms with Crippen molar-refractivity contribution in [1.29, 1.82) is 0 Å². The van der Waals surface area contributed by atoms with E-state index >= 15 is 0 Å². The van der Waals surface area contributed by atoms with Crippen LogP contribution < -0.4 is 13.7 Å². The summed E-state index contributed by atoms with van der Waals surface area (Å²) in [5.74, 6) is 1.36. The predicted octanol–water partition coefficient (Wildman–Crippen LogP) is 3.48. The number of carbonyl (C=O) groups is 1. The Morgan fingerprint density at radius 2 is 1.71 bits per heavy atom. The van der Waals surface area contributed by atoms with Gasteiger partial charge in [0.25, 0.3) is 5.91 Å². The molecule has 0 aliphatic rings. The number of furan rings is 1. The molecule has 1 heterocycles. The SMILES string of the molecule is COc1ccc(C(=O)N(Cc2ccc(OC)c(OS(C)(=O)=O)c2)Cc2ccco2)cc1. The lowest BCUT2D eigenvalue weighted by Gasteiger charge is -2.22. The van der Waals surface area contributed by atoms with Gasteiger partial charge in [-0.1, -0.05) is 6.07 Å². The maximum Gasteiger partial charge on any atom is 0.306 e. The number of ether oxygens (including phenoxy) is 2. The second-order valence-corrected chi connectivity index (χ2v) is 8.32. The van der Waals surface area contributed by atoms with Crippen LogP contribution in [0.1, 0.15) is 21.7 Å². The quantitative estimate of drug-likeness (QED) is 0.465. The highest BCUT2D eigenvalue weighted by Crippen LogP contribution is 2.30. The largest absolute Gasteiger partial charge is 0.497 e. The third kappa shape index (κ3) is 6.02. The van der Waals surface area contributed by atoms with Crippen molar-refractivity contribution in [2.45, 2.75) is 13.1 Å². The van der Waals surface area contributed by atoms with Gasteiger partial charge < -0.3 is 23.0 Å². The first-order chi connectivity index (χ1) is 14.8. The van der Waals surface area contributed by atoms with E-state index in [4.69, 9.17) is 18.1 Å². The number of benzene rings is 2. The van der Waals surface area contributed by atoms with Gasteiger partial charge in [-0.25, -0.2) is 0 Å². The van der Waals surface area contributed by atoms with Gasteiger partial charge in [0.2, 0.25) is 0 Å². The van der Waals surface area contributed by atoms with Crippen LogP contribution >= 0.6 is 0 Å². The van der Waals surface area contributed by atoms with Crippen LogP contribution in [-0.2, 0) is 23.2 Å². The van der Waals surface area contributed by atoms with E-state index in [1.807, 2.05) is 0 Å². The van der Waals surface area contributed by atoms with Gasteiger partial charge in [-0.2, -0.15) is 8.42 Å². The van der Waals surface area contributed by atoms with E-state index in [1.165, 1.54) is 19.4 Å². The summed E-state index contributed by atoms with van der Waals surface area (Å²) in [6.07, 6.45) is 2.49. The molecular weight excluding hydrogens is 422 g/mol. The van der Waals surface area contributed by atoms with E-state index < -0.39 is 10.1 Å². The Morgan fingerprint density at radius 1 is 0.968 bits per heavy atom. The molecular formula is C22H23NO7S. The first-order valence-corrected chi connectivity index (χ1v) is 11.1. The average Bonchev–Trinajstić information content (AvgIpc) is 3.25. The summed E-state index contributed by atoms with van der Waals surface area (Å²) in [7, 11) is -0.777. The van der Waals surface area contributed by atoms with Gasteiger partial charge in [0.1, 0.15) is 11.5 Å². The van der Waals surface area contributed by atoms with Crippen LogP contribution in [0.15, 0.2) is 65.3 Å². The molecule has 0 N–H and O–H groups in total. The monoisotopic (exact) mass is 445 g/mol. The molecule has 0 unspecified atom stereocenters. The average molecular weight is 445 g/mol. The van der Waals surface area contributed by atoms with Gasteiger partial charge in [0.05, 0.1) is 33.3 Å². The number of hydrogen-bond donors (Lipinski definition) is 0. The zero-order valence-corrected chi connectivity index (χ0v) is 18.2. The molecule has 31 heavy (non-hydrogen) atoms. The maximum absolute atomic E-state index is 13.2. The highest BCUT2D eigenvalue weighted by Gasteiger charge is 2.20. The topological polar surface area (TPSA) is 95.3 Å². The summed E-state index contributed by atoms with van der Waals surface area (Å²) in [5, 5.41) is 0. The molecule has 164 valence electrons. The van der Waals surface area contributed by atoms with Crippen LogP contribution in [0.5, 0.6) is 17.2 Å². The fourth-order valence-corrected chi connectivity index (χ4v) is 3.43. The van der Waals surface area contributed by atoms with Crippen LogP contribution in [0.2, 0.25) is 0 Å². The van der Waals surface area contributed by atoms with Crippen molar-refractivity contribution in [2.24, 2.45) is 0 Å². The van der Waals surface area contributed by atoms with Crippen molar-refractivity contribution in [3.63, 3.8) is 0 Å². The van der Waals surface area contributed by atoms with Crippen molar-refractivity contribution in [1.82, 2.24) is 4.90 Å². The first-order valence-electron chi connectivity index (χ1n) is 9.31. The molecule has 3 rings (SSSR count). The lowest BCUT2D eigenvalue weighted by Crippen LogP contribution is -2.30. The van der Waals surface area contributed by atoms with Crippen LogP contribution in [0.3, 0.4) is 0 Å². The number of carbonyl (C=O) groups excluding carboxylic acids is 1.